The van der Waals surface area contributed by atoms with E-state index in [-0.39, 0.29) is 23.1 Å². The quantitative estimate of drug-likeness (QED) is 0.426. The average molecular weight is 498 g/mol. The van der Waals surface area contributed by atoms with Crippen molar-refractivity contribution in [1.82, 2.24) is 14.1 Å². The highest BCUT2D eigenvalue weighted by molar-refractivity contribution is 7.92. The van der Waals surface area contributed by atoms with Crippen LogP contribution in [0, 0.1) is 6.92 Å². The van der Waals surface area contributed by atoms with Crippen LogP contribution in [0.15, 0.2) is 64.3 Å². The van der Waals surface area contributed by atoms with Gasteiger partial charge < -0.3 is 5.11 Å². The Morgan fingerprint density at radius 3 is 2.36 bits per heavy atom. The molecule has 0 atom stereocenters. The van der Waals surface area contributed by atoms with Gasteiger partial charge in [0.25, 0.3) is 9.84 Å². The minimum atomic E-state index is -5.54. The molecular weight excluding hydrogens is 483 g/mol. The van der Waals surface area contributed by atoms with Crippen LogP contribution in [-0.2, 0) is 16.4 Å². The topological polar surface area (TPSA) is 94.2 Å². The third-order valence-electron chi connectivity index (χ3n) is 5.17. The lowest BCUT2D eigenvalue weighted by Crippen LogP contribution is -2.25. The Balaban J connectivity index is 1.79. The van der Waals surface area contributed by atoms with E-state index in [1.165, 1.54) is 11.5 Å². The summed E-state index contributed by atoms with van der Waals surface area (Å²) in [6.07, 6.45) is 0. The van der Waals surface area contributed by atoms with Crippen molar-refractivity contribution in [2.75, 3.05) is 0 Å². The van der Waals surface area contributed by atoms with E-state index in [0.717, 1.165) is 34.2 Å². The van der Waals surface area contributed by atoms with E-state index in [1.54, 1.807) is 24.3 Å². The predicted molar refractivity (Wildman–Crippen MR) is 116 cm³/mol. The molecule has 0 amide bonds. The Kier molecular flexibility index (Phi) is 5.49. The maximum Gasteiger partial charge on any atom is 0.501 e. The van der Waals surface area contributed by atoms with Gasteiger partial charge in [-0.05, 0) is 48.9 Å². The van der Waals surface area contributed by atoms with Gasteiger partial charge in [0.15, 0.2) is 0 Å². The summed E-state index contributed by atoms with van der Waals surface area (Å²) in [7, 11) is -5.54. The molecule has 0 radical (unpaired) electrons. The van der Waals surface area contributed by atoms with Gasteiger partial charge in [-0.1, -0.05) is 29.8 Å². The molecule has 0 aliphatic carbocycles. The molecule has 12 heteroatoms. The number of para-hydroxylation sites is 1. The number of rotatable bonds is 4. The fourth-order valence-electron chi connectivity index (χ4n) is 3.48. The Bertz CT molecular complexity index is 1540. The van der Waals surface area contributed by atoms with Crippen LogP contribution >= 0.6 is 11.6 Å². The number of alkyl halides is 3. The summed E-state index contributed by atoms with van der Waals surface area (Å²) in [5.41, 5.74) is -4.65. The second kappa shape index (κ2) is 7.92. The number of fused-ring (bicyclic) bond motifs is 1. The number of benzene rings is 2. The first kappa shape index (κ1) is 22.9. The molecule has 2 aromatic heterocycles. The molecule has 0 unspecified atom stereocenters. The molecule has 0 saturated heterocycles. The van der Waals surface area contributed by atoms with Crippen molar-refractivity contribution in [2.45, 2.75) is 23.9 Å². The van der Waals surface area contributed by atoms with E-state index < -0.39 is 31.8 Å². The highest BCUT2D eigenvalue weighted by Gasteiger charge is 2.46. The molecule has 1 N–H and O–H groups in total. The van der Waals surface area contributed by atoms with Crippen LogP contribution < -0.4 is 5.69 Å². The summed E-state index contributed by atoms with van der Waals surface area (Å²) < 4.78 is 63.6. The van der Waals surface area contributed by atoms with E-state index in [9.17, 15) is 31.5 Å². The van der Waals surface area contributed by atoms with Crippen LogP contribution in [0.5, 0.6) is 5.88 Å². The fourth-order valence-corrected chi connectivity index (χ4v) is 4.46. The van der Waals surface area contributed by atoms with E-state index in [2.05, 4.69) is 4.98 Å². The largest absolute Gasteiger partial charge is 0.501 e. The van der Waals surface area contributed by atoms with Gasteiger partial charge in [0.1, 0.15) is 5.15 Å². The lowest BCUT2D eigenvalue weighted by molar-refractivity contribution is -0.0436. The molecule has 0 aliphatic heterocycles. The summed E-state index contributed by atoms with van der Waals surface area (Å²) in [6, 6.07) is 12.3. The number of aromatic hydroxyl groups is 1. The van der Waals surface area contributed by atoms with Crippen LogP contribution in [0.4, 0.5) is 13.2 Å². The maximum absolute atomic E-state index is 13.1. The number of hydrogen-bond acceptors (Lipinski definition) is 5. The number of hydrogen-bond donors (Lipinski definition) is 1. The van der Waals surface area contributed by atoms with Gasteiger partial charge in [-0.2, -0.15) is 13.2 Å². The summed E-state index contributed by atoms with van der Waals surface area (Å²) in [4.78, 5) is 16.4. The molecule has 0 spiro atoms. The Morgan fingerprint density at radius 1 is 1.09 bits per heavy atom. The predicted octanol–water partition coefficient (Wildman–Crippen LogP) is 4.20. The Labute approximate surface area is 190 Å². The second-order valence-corrected chi connectivity index (χ2v) is 9.51. The molecule has 0 fully saturated rings. The molecule has 7 nitrogen and oxygen atoms in total. The SMILES string of the molecule is Cc1c(O)n(-c2ccc(S(=O)(=O)C(F)(F)F)cc2)c(=O)n1Cc1cc(Cl)nc2ccccc12. The van der Waals surface area contributed by atoms with Crippen molar-refractivity contribution in [3.8, 4) is 11.6 Å². The van der Waals surface area contributed by atoms with Crippen LogP contribution in [-0.4, -0.2) is 33.2 Å². The van der Waals surface area contributed by atoms with E-state index >= 15 is 0 Å². The zero-order valence-corrected chi connectivity index (χ0v) is 18.4. The minimum Gasteiger partial charge on any atom is -0.493 e. The highest BCUT2D eigenvalue weighted by Crippen LogP contribution is 2.31. The van der Waals surface area contributed by atoms with Crippen molar-refractivity contribution in [3.63, 3.8) is 0 Å². The Morgan fingerprint density at radius 2 is 1.73 bits per heavy atom. The zero-order valence-electron chi connectivity index (χ0n) is 16.8. The number of imidazole rings is 1. The third kappa shape index (κ3) is 3.87. The standard InChI is InChI=1S/C21H15ClF3N3O4S/c1-12-19(29)28(14-6-8-15(9-7-14)33(31,32)21(23,24)25)20(30)27(12)11-13-10-18(22)26-17-5-3-2-4-16(13)17/h2-10,29H,11H2,1H3. The average Bonchev–Trinajstić information content (AvgIpc) is 2.96. The number of pyridine rings is 1. The molecule has 0 bridgehead atoms. The van der Waals surface area contributed by atoms with Crippen molar-refractivity contribution in [3.05, 3.63) is 81.5 Å². The van der Waals surface area contributed by atoms with Gasteiger partial charge in [0.05, 0.1) is 28.3 Å². The first-order valence-electron chi connectivity index (χ1n) is 9.39. The van der Waals surface area contributed by atoms with Gasteiger partial charge in [-0.15, -0.1) is 0 Å². The molecule has 33 heavy (non-hydrogen) atoms. The molecule has 0 saturated carbocycles. The number of sulfone groups is 1. The first-order valence-corrected chi connectivity index (χ1v) is 11.2. The van der Waals surface area contributed by atoms with E-state index in [4.69, 9.17) is 11.6 Å². The smallest absolute Gasteiger partial charge is 0.493 e. The molecule has 2 aromatic carbocycles. The minimum absolute atomic E-state index is 0.00177. The van der Waals surface area contributed by atoms with Crippen LogP contribution in [0.3, 0.4) is 0 Å². The number of aromatic nitrogens is 3. The normalized spacial score (nSPS) is 12.4. The number of halogens is 4. The van der Waals surface area contributed by atoms with Crippen molar-refractivity contribution in [1.29, 1.82) is 0 Å². The summed E-state index contributed by atoms with van der Waals surface area (Å²) >= 11 is 6.10. The molecule has 2 heterocycles. The third-order valence-corrected chi connectivity index (χ3v) is 6.87. The fraction of sp³-hybridized carbons (Fsp3) is 0.143. The van der Waals surface area contributed by atoms with Crippen LogP contribution in [0.2, 0.25) is 5.15 Å². The van der Waals surface area contributed by atoms with Crippen LogP contribution in [0.25, 0.3) is 16.6 Å². The molecule has 0 aliphatic rings. The van der Waals surface area contributed by atoms with Gasteiger partial charge >= 0.3 is 11.2 Å². The summed E-state index contributed by atoms with van der Waals surface area (Å²) in [5, 5.41) is 11.5. The van der Waals surface area contributed by atoms with Gasteiger partial charge in [0, 0.05) is 5.39 Å². The van der Waals surface area contributed by atoms with Gasteiger partial charge in [-0.25, -0.2) is 22.8 Å². The molecular formula is C21H15ClF3N3O4S. The number of nitrogens with zero attached hydrogens (tertiary/aromatic N) is 3. The lowest BCUT2D eigenvalue weighted by atomic mass is 10.1. The second-order valence-electron chi connectivity index (χ2n) is 7.18. The van der Waals surface area contributed by atoms with Gasteiger partial charge in [0.2, 0.25) is 5.88 Å². The molecule has 4 aromatic rings. The summed E-state index contributed by atoms with van der Waals surface area (Å²) in [6.45, 7) is 1.54. The maximum atomic E-state index is 13.1. The van der Waals surface area contributed by atoms with E-state index in [0.29, 0.717) is 11.1 Å². The molecule has 172 valence electrons. The van der Waals surface area contributed by atoms with Crippen LogP contribution in [0.1, 0.15) is 11.3 Å². The summed E-state index contributed by atoms with van der Waals surface area (Å²) in [5.74, 6) is -0.434. The van der Waals surface area contributed by atoms with E-state index in [1.807, 2.05) is 6.07 Å². The first-order chi connectivity index (χ1) is 15.4. The van der Waals surface area contributed by atoms with Gasteiger partial charge in [-0.3, -0.25) is 4.57 Å². The molecule has 4 rings (SSSR count). The van der Waals surface area contributed by atoms with Crippen molar-refractivity contribution >= 4 is 32.3 Å². The Hall–Kier alpha value is -3.31. The van der Waals surface area contributed by atoms with Crippen molar-refractivity contribution < 1.29 is 26.7 Å². The lowest BCUT2D eigenvalue weighted by Gasteiger charge is -2.09. The highest BCUT2D eigenvalue weighted by atomic mass is 35.5. The zero-order chi connectivity index (χ0) is 24.1. The monoisotopic (exact) mass is 497 g/mol. The van der Waals surface area contributed by atoms with Crippen molar-refractivity contribution in [2.24, 2.45) is 0 Å².